The van der Waals surface area contributed by atoms with Gasteiger partial charge in [-0.1, -0.05) is 32.0 Å². The summed E-state index contributed by atoms with van der Waals surface area (Å²) in [4.78, 5) is 13.6. The van der Waals surface area contributed by atoms with Crippen molar-refractivity contribution in [1.29, 1.82) is 0 Å². The first kappa shape index (κ1) is 14.5. The van der Waals surface area contributed by atoms with Crippen LogP contribution in [0.15, 0.2) is 30.3 Å². The second kappa shape index (κ2) is 7.01. The number of amides is 1. The van der Waals surface area contributed by atoms with Crippen molar-refractivity contribution >= 4 is 11.6 Å². The number of carbonyl (C=O) groups is 1. The molecule has 2 N–H and O–H groups in total. The van der Waals surface area contributed by atoms with E-state index in [0.717, 1.165) is 5.69 Å². The van der Waals surface area contributed by atoms with E-state index in [1.807, 2.05) is 56.1 Å². The van der Waals surface area contributed by atoms with Gasteiger partial charge in [0.1, 0.15) is 0 Å². The van der Waals surface area contributed by atoms with Crippen LogP contribution >= 0.6 is 0 Å². The number of aliphatic hydroxyl groups excluding tert-OH is 1. The maximum atomic E-state index is 11.7. The Balaban J connectivity index is 2.37. The summed E-state index contributed by atoms with van der Waals surface area (Å²) in [7, 11) is 1.87. The van der Waals surface area contributed by atoms with Crippen LogP contribution in [0.1, 0.15) is 13.8 Å². The number of aliphatic hydroxyl groups is 1. The highest BCUT2D eigenvalue weighted by molar-refractivity contribution is 5.81. The third-order valence-corrected chi connectivity index (χ3v) is 2.86. The van der Waals surface area contributed by atoms with Gasteiger partial charge in [-0.25, -0.2) is 0 Å². The molecule has 1 unspecified atom stereocenters. The van der Waals surface area contributed by atoms with Gasteiger partial charge in [0.15, 0.2) is 0 Å². The molecule has 0 fully saturated rings. The van der Waals surface area contributed by atoms with Crippen LogP contribution in [0.3, 0.4) is 0 Å². The summed E-state index contributed by atoms with van der Waals surface area (Å²) < 4.78 is 0. The molecule has 1 aromatic carbocycles. The van der Waals surface area contributed by atoms with Crippen molar-refractivity contribution in [3.05, 3.63) is 30.3 Å². The maximum absolute atomic E-state index is 11.7. The van der Waals surface area contributed by atoms with E-state index in [2.05, 4.69) is 5.32 Å². The number of hydrogen-bond donors (Lipinski definition) is 2. The van der Waals surface area contributed by atoms with Gasteiger partial charge in [0.25, 0.3) is 0 Å². The lowest BCUT2D eigenvalue weighted by Gasteiger charge is -2.20. The number of nitrogens with zero attached hydrogens (tertiary/aromatic N) is 1. The van der Waals surface area contributed by atoms with E-state index in [-0.39, 0.29) is 18.4 Å². The molecule has 0 heterocycles. The number of likely N-dealkylation sites (N-methyl/N-ethyl adjacent to an activating group) is 1. The maximum Gasteiger partial charge on any atom is 0.239 e. The fourth-order valence-electron chi connectivity index (χ4n) is 1.50. The van der Waals surface area contributed by atoms with Crippen LogP contribution < -0.4 is 10.2 Å². The second-order valence-electron chi connectivity index (χ2n) is 4.81. The van der Waals surface area contributed by atoms with Crippen molar-refractivity contribution in [3.63, 3.8) is 0 Å². The highest BCUT2D eigenvalue weighted by Crippen LogP contribution is 2.09. The van der Waals surface area contributed by atoms with E-state index >= 15 is 0 Å². The van der Waals surface area contributed by atoms with Crippen LogP contribution in [0.2, 0.25) is 0 Å². The van der Waals surface area contributed by atoms with Crippen molar-refractivity contribution in [2.75, 3.05) is 25.0 Å². The van der Waals surface area contributed by atoms with Crippen LogP contribution in [0.5, 0.6) is 0 Å². The summed E-state index contributed by atoms with van der Waals surface area (Å²) in [5, 5.41) is 12.3. The summed E-state index contributed by atoms with van der Waals surface area (Å²) in [6.07, 6.45) is -0.490. The SMILES string of the molecule is CC(C)C(O)CNC(=O)CN(C)c1ccccc1. The molecule has 0 aliphatic rings. The molecule has 4 nitrogen and oxygen atoms in total. The zero-order chi connectivity index (χ0) is 13.5. The summed E-state index contributed by atoms with van der Waals surface area (Å²) in [5.74, 6) is 0.0678. The third-order valence-electron chi connectivity index (χ3n) is 2.86. The monoisotopic (exact) mass is 250 g/mol. The number of hydrogen-bond acceptors (Lipinski definition) is 3. The van der Waals surface area contributed by atoms with Gasteiger partial charge in [-0.15, -0.1) is 0 Å². The van der Waals surface area contributed by atoms with Gasteiger partial charge in [-0.2, -0.15) is 0 Å². The van der Waals surface area contributed by atoms with E-state index in [1.165, 1.54) is 0 Å². The highest BCUT2D eigenvalue weighted by Gasteiger charge is 2.12. The Bertz CT molecular complexity index is 365. The summed E-state index contributed by atoms with van der Waals surface area (Å²) in [5.41, 5.74) is 0.997. The fourth-order valence-corrected chi connectivity index (χ4v) is 1.50. The fraction of sp³-hybridized carbons (Fsp3) is 0.500. The van der Waals surface area contributed by atoms with Crippen LogP contribution in [0.25, 0.3) is 0 Å². The van der Waals surface area contributed by atoms with E-state index in [4.69, 9.17) is 0 Å². The lowest BCUT2D eigenvalue weighted by Crippen LogP contribution is -2.40. The molecule has 1 aromatic rings. The van der Waals surface area contributed by atoms with Gasteiger partial charge in [-0.3, -0.25) is 4.79 Å². The molecule has 18 heavy (non-hydrogen) atoms. The van der Waals surface area contributed by atoms with Crippen molar-refractivity contribution in [1.82, 2.24) is 5.32 Å². The van der Waals surface area contributed by atoms with Crippen LogP contribution in [0.4, 0.5) is 5.69 Å². The first-order valence-electron chi connectivity index (χ1n) is 6.21. The first-order chi connectivity index (χ1) is 8.50. The number of anilines is 1. The van der Waals surface area contributed by atoms with Gasteiger partial charge < -0.3 is 15.3 Å². The number of rotatable bonds is 6. The number of benzene rings is 1. The Morgan fingerprint density at radius 1 is 1.33 bits per heavy atom. The van der Waals surface area contributed by atoms with E-state index in [9.17, 15) is 9.90 Å². The van der Waals surface area contributed by atoms with Crippen molar-refractivity contribution < 1.29 is 9.90 Å². The molecule has 1 atom stereocenters. The zero-order valence-electron chi connectivity index (χ0n) is 11.3. The summed E-state index contributed by atoms with van der Waals surface area (Å²) in [6.45, 7) is 4.44. The van der Waals surface area contributed by atoms with E-state index in [1.54, 1.807) is 0 Å². The number of carbonyl (C=O) groups excluding carboxylic acids is 1. The molecule has 0 saturated heterocycles. The second-order valence-corrected chi connectivity index (χ2v) is 4.81. The molecule has 100 valence electrons. The molecular formula is C14H22N2O2. The van der Waals surface area contributed by atoms with E-state index < -0.39 is 6.10 Å². The highest BCUT2D eigenvalue weighted by atomic mass is 16.3. The Morgan fingerprint density at radius 2 is 1.94 bits per heavy atom. The van der Waals surface area contributed by atoms with Crippen LogP contribution in [-0.4, -0.2) is 37.3 Å². The van der Waals surface area contributed by atoms with Gasteiger partial charge in [-0.05, 0) is 18.1 Å². The molecule has 0 radical (unpaired) electrons. The topological polar surface area (TPSA) is 52.6 Å². The Kier molecular flexibility index (Phi) is 5.65. The standard InChI is InChI=1S/C14H22N2O2/c1-11(2)13(17)9-15-14(18)10-16(3)12-7-5-4-6-8-12/h4-8,11,13,17H,9-10H2,1-3H3,(H,15,18). The molecule has 0 saturated carbocycles. The van der Waals surface area contributed by atoms with Crippen molar-refractivity contribution in [2.45, 2.75) is 20.0 Å². The average molecular weight is 250 g/mol. The summed E-state index contributed by atoms with van der Waals surface area (Å²) in [6, 6.07) is 9.72. The van der Waals surface area contributed by atoms with E-state index in [0.29, 0.717) is 6.54 Å². The van der Waals surface area contributed by atoms with Gasteiger partial charge in [0, 0.05) is 19.3 Å². The predicted octanol–water partition coefficient (Wildman–Crippen LogP) is 1.26. The lowest BCUT2D eigenvalue weighted by molar-refractivity contribution is -0.120. The lowest BCUT2D eigenvalue weighted by atomic mass is 10.1. The number of nitrogens with one attached hydrogen (secondary N) is 1. The van der Waals surface area contributed by atoms with Crippen LogP contribution in [-0.2, 0) is 4.79 Å². The third kappa shape index (κ3) is 4.75. The molecule has 0 aliphatic carbocycles. The molecule has 0 bridgehead atoms. The number of para-hydroxylation sites is 1. The Labute approximate surface area is 109 Å². The molecule has 1 rings (SSSR count). The molecule has 0 aromatic heterocycles. The van der Waals surface area contributed by atoms with Gasteiger partial charge in [0.05, 0.1) is 12.6 Å². The molecular weight excluding hydrogens is 228 g/mol. The molecule has 0 aliphatic heterocycles. The largest absolute Gasteiger partial charge is 0.391 e. The van der Waals surface area contributed by atoms with Crippen molar-refractivity contribution in [2.24, 2.45) is 5.92 Å². The molecule has 4 heteroatoms. The zero-order valence-corrected chi connectivity index (χ0v) is 11.3. The normalized spacial score (nSPS) is 12.3. The van der Waals surface area contributed by atoms with Gasteiger partial charge in [0.2, 0.25) is 5.91 Å². The summed E-state index contributed by atoms with van der Waals surface area (Å²) >= 11 is 0. The quantitative estimate of drug-likeness (QED) is 0.799. The minimum atomic E-state index is -0.490. The van der Waals surface area contributed by atoms with Gasteiger partial charge >= 0.3 is 0 Å². The van der Waals surface area contributed by atoms with Crippen molar-refractivity contribution in [3.8, 4) is 0 Å². The minimum Gasteiger partial charge on any atom is -0.391 e. The predicted molar refractivity (Wildman–Crippen MR) is 73.6 cm³/mol. The Hall–Kier alpha value is -1.55. The molecule has 1 amide bonds. The molecule has 0 spiro atoms. The average Bonchev–Trinajstić information content (AvgIpc) is 2.36. The smallest absolute Gasteiger partial charge is 0.239 e. The van der Waals surface area contributed by atoms with Crippen LogP contribution in [0, 0.1) is 5.92 Å². The minimum absolute atomic E-state index is 0.0824. The Morgan fingerprint density at radius 3 is 2.50 bits per heavy atom. The first-order valence-corrected chi connectivity index (χ1v) is 6.21.